The minimum absolute atomic E-state index is 0.0733. The van der Waals surface area contributed by atoms with E-state index in [0.29, 0.717) is 5.56 Å². The molecule has 2 nitrogen and oxygen atoms in total. The van der Waals surface area contributed by atoms with Crippen molar-refractivity contribution >= 4 is 34.8 Å². The molecule has 1 atom stereocenters. The Kier molecular flexibility index (Phi) is 4.98. The van der Waals surface area contributed by atoms with Crippen LogP contribution in [0.15, 0.2) is 48.5 Å². The standard InChI is InChI=1S/C15H10Cl2F3NO/c16-10-6-7-12(11(8-10)15(18,19)20)21-14(22)13(17)9-4-2-1-3-5-9/h1-8,13H,(H,21,22)/t13-/m1/s1. The molecule has 0 fully saturated rings. The molecule has 116 valence electrons. The van der Waals surface area contributed by atoms with E-state index in [4.69, 9.17) is 23.2 Å². The summed E-state index contributed by atoms with van der Waals surface area (Å²) >= 11 is 11.6. The van der Waals surface area contributed by atoms with Crippen molar-refractivity contribution in [2.75, 3.05) is 5.32 Å². The summed E-state index contributed by atoms with van der Waals surface area (Å²) in [5, 5.41) is 1.02. The van der Waals surface area contributed by atoms with Crippen LogP contribution in [0, 0.1) is 0 Å². The Morgan fingerprint density at radius 3 is 2.32 bits per heavy atom. The third-order valence-corrected chi connectivity index (χ3v) is 3.55. The first-order valence-corrected chi connectivity index (χ1v) is 6.97. The minimum Gasteiger partial charge on any atom is -0.324 e. The van der Waals surface area contributed by atoms with Crippen LogP contribution in [-0.4, -0.2) is 5.91 Å². The summed E-state index contributed by atoms with van der Waals surface area (Å²) in [5.74, 6) is -0.749. The normalized spacial score (nSPS) is 12.8. The molecule has 0 saturated heterocycles. The predicted molar refractivity (Wildman–Crippen MR) is 80.1 cm³/mol. The number of anilines is 1. The van der Waals surface area contributed by atoms with Gasteiger partial charge in [0.25, 0.3) is 0 Å². The lowest BCUT2D eigenvalue weighted by Gasteiger charge is -2.16. The van der Waals surface area contributed by atoms with E-state index < -0.39 is 23.0 Å². The number of benzene rings is 2. The number of nitrogens with one attached hydrogen (secondary N) is 1. The lowest BCUT2D eigenvalue weighted by Crippen LogP contribution is -2.20. The lowest BCUT2D eigenvalue weighted by atomic mass is 10.1. The summed E-state index contributed by atoms with van der Waals surface area (Å²) in [6, 6.07) is 11.4. The number of hydrogen-bond acceptors (Lipinski definition) is 1. The van der Waals surface area contributed by atoms with Crippen LogP contribution in [0.3, 0.4) is 0 Å². The Bertz CT molecular complexity index is 674. The van der Waals surface area contributed by atoms with E-state index >= 15 is 0 Å². The highest BCUT2D eigenvalue weighted by Crippen LogP contribution is 2.37. The van der Waals surface area contributed by atoms with Crippen LogP contribution in [0.25, 0.3) is 0 Å². The van der Waals surface area contributed by atoms with Gasteiger partial charge >= 0.3 is 6.18 Å². The van der Waals surface area contributed by atoms with Crippen molar-refractivity contribution in [3.05, 3.63) is 64.7 Å². The van der Waals surface area contributed by atoms with Gasteiger partial charge in [0.1, 0.15) is 5.38 Å². The maximum Gasteiger partial charge on any atom is 0.418 e. The Hall–Kier alpha value is -1.72. The second kappa shape index (κ2) is 6.58. The highest BCUT2D eigenvalue weighted by molar-refractivity contribution is 6.32. The second-order valence-electron chi connectivity index (χ2n) is 4.45. The van der Waals surface area contributed by atoms with Crippen molar-refractivity contribution in [3.63, 3.8) is 0 Å². The molecule has 0 heterocycles. The summed E-state index contributed by atoms with van der Waals surface area (Å²) in [6.07, 6.45) is -4.64. The van der Waals surface area contributed by atoms with Gasteiger partial charge in [-0.25, -0.2) is 0 Å². The van der Waals surface area contributed by atoms with Crippen LogP contribution in [0.1, 0.15) is 16.5 Å². The number of halogens is 5. The van der Waals surface area contributed by atoms with Crippen LogP contribution < -0.4 is 5.32 Å². The minimum atomic E-state index is -4.64. The van der Waals surface area contributed by atoms with E-state index in [1.165, 1.54) is 6.07 Å². The Morgan fingerprint density at radius 2 is 1.73 bits per heavy atom. The van der Waals surface area contributed by atoms with Gasteiger partial charge in [-0.1, -0.05) is 41.9 Å². The molecule has 2 aromatic carbocycles. The number of rotatable bonds is 3. The fourth-order valence-corrected chi connectivity index (χ4v) is 2.20. The third kappa shape index (κ3) is 3.93. The van der Waals surface area contributed by atoms with E-state index in [2.05, 4.69) is 5.32 Å². The first kappa shape index (κ1) is 16.6. The van der Waals surface area contributed by atoms with E-state index in [-0.39, 0.29) is 10.7 Å². The summed E-state index contributed by atoms with van der Waals surface area (Å²) in [5.41, 5.74) is -0.919. The molecule has 0 unspecified atom stereocenters. The summed E-state index contributed by atoms with van der Waals surface area (Å²) in [4.78, 5) is 12.0. The van der Waals surface area contributed by atoms with Gasteiger partial charge in [-0.2, -0.15) is 13.2 Å². The van der Waals surface area contributed by atoms with Gasteiger partial charge in [0.05, 0.1) is 11.3 Å². The predicted octanol–water partition coefficient (Wildman–Crippen LogP) is 5.28. The zero-order valence-electron chi connectivity index (χ0n) is 11.0. The Balaban J connectivity index is 2.26. The van der Waals surface area contributed by atoms with Gasteiger partial charge in [-0.05, 0) is 23.8 Å². The smallest absolute Gasteiger partial charge is 0.324 e. The molecule has 0 radical (unpaired) electrons. The van der Waals surface area contributed by atoms with Gasteiger partial charge in [0.2, 0.25) is 5.91 Å². The van der Waals surface area contributed by atoms with Crippen LogP contribution in [0.2, 0.25) is 5.02 Å². The summed E-state index contributed by atoms with van der Waals surface area (Å²) in [6.45, 7) is 0. The van der Waals surface area contributed by atoms with Gasteiger partial charge in [0, 0.05) is 5.02 Å². The van der Waals surface area contributed by atoms with Crippen molar-refractivity contribution < 1.29 is 18.0 Å². The molecule has 0 aromatic heterocycles. The van der Waals surface area contributed by atoms with Crippen molar-refractivity contribution in [1.29, 1.82) is 0 Å². The van der Waals surface area contributed by atoms with E-state index in [9.17, 15) is 18.0 Å². The molecular weight excluding hydrogens is 338 g/mol. The summed E-state index contributed by atoms with van der Waals surface area (Å²) < 4.78 is 38.9. The van der Waals surface area contributed by atoms with Crippen LogP contribution >= 0.6 is 23.2 Å². The zero-order valence-corrected chi connectivity index (χ0v) is 12.5. The van der Waals surface area contributed by atoms with Crippen molar-refractivity contribution in [2.24, 2.45) is 0 Å². The average Bonchev–Trinajstić information content (AvgIpc) is 2.48. The fraction of sp³-hybridized carbons (Fsp3) is 0.133. The molecule has 0 saturated carbocycles. The lowest BCUT2D eigenvalue weighted by molar-refractivity contribution is -0.137. The molecule has 1 amide bonds. The SMILES string of the molecule is O=C(Nc1ccc(Cl)cc1C(F)(F)F)[C@H](Cl)c1ccccc1. The van der Waals surface area contributed by atoms with E-state index in [1.54, 1.807) is 30.3 Å². The van der Waals surface area contributed by atoms with Crippen LogP contribution in [0.5, 0.6) is 0 Å². The molecule has 1 N–H and O–H groups in total. The molecule has 0 spiro atoms. The highest BCUT2D eigenvalue weighted by atomic mass is 35.5. The fourth-order valence-electron chi connectivity index (χ4n) is 1.83. The number of amides is 1. The molecule has 2 aromatic rings. The van der Waals surface area contributed by atoms with Crippen LogP contribution in [-0.2, 0) is 11.0 Å². The molecule has 0 aliphatic rings. The van der Waals surface area contributed by atoms with Crippen molar-refractivity contribution in [3.8, 4) is 0 Å². The zero-order chi connectivity index (χ0) is 16.3. The van der Waals surface area contributed by atoms with Crippen LogP contribution in [0.4, 0.5) is 18.9 Å². The van der Waals surface area contributed by atoms with Crippen molar-refractivity contribution in [2.45, 2.75) is 11.6 Å². The topological polar surface area (TPSA) is 29.1 Å². The average molecular weight is 348 g/mol. The number of carbonyl (C=O) groups is 1. The maximum absolute atomic E-state index is 13.0. The molecular formula is C15H10Cl2F3NO. The van der Waals surface area contributed by atoms with E-state index in [0.717, 1.165) is 12.1 Å². The number of carbonyl (C=O) groups excluding carboxylic acids is 1. The third-order valence-electron chi connectivity index (χ3n) is 2.87. The molecule has 7 heteroatoms. The Morgan fingerprint density at radius 1 is 1.09 bits per heavy atom. The number of hydrogen-bond donors (Lipinski definition) is 1. The monoisotopic (exact) mass is 347 g/mol. The molecule has 22 heavy (non-hydrogen) atoms. The highest BCUT2D eigenvalue weighted by Gasteiger charge is 2.34. The maximum atomic E-state index is 13.0. The molecule has 0 bridgehead atoms. The quantitative estimate of drug-likeness (QED) is 0.752. The molecule has 0 aliphatic heterocycles. The molecule has 2 rings (SSSR count). The first-order valence-electron chi connectivity index (χ1n) is 6.15. The second-order valence-corrected chi connectivity index (χ2v) is 5.32. The molecule has 0 aliphatic carbocycles. The van der Waals surface area contributed by atoms with E-state index in [1.807, 2.05) is 0 Å². The summed E-state index contributed by atoms with van der Waals surface area (Å²) in [7, 11) is 0. The largest absolute Gasteiger partial charge is 0.418 e. The van der Waals surface area contributed by atoms with Crippen molar-refractivity contribution in [1.82, 2.24) is 0 Å². The first-order chi connectivity index (χ1) is 10.3. The van der Waals surface area contributed by atoms with Gasteiger partial charge in [-0.3, -0.25) is 4.79 Å². The van der Waals surface area contributed by atoms with Gasteiger partial charge in [-0.15, -0.1) is 11.6 Å². The number of alkyl halides is 4. The van der Waals surface area contributed by atoms with Gasteiger partial charge in [0.15, 0.2) is 0 Å². The Labute approximate surface area is 134 Å². The van der Waals surface area contributed by atoms with Gasteiger partial charge < -0.3 is 5.32 Å².